The zero-order valence-corrected chi connectivity index (χ0v) is 11.9. The van der Waals surface area contributed by atoms with Crippen LogP contribution in [0.1, 0.15) is 35.6 Å². The van der Waals surface area contributed by atoms with Gasteiger partial charge in [-0.25, -0.2) is 19.9 Å². The molecule has 3 heterocycles. The Kier molecular flexibility index (Phi) is 2.69. The SMILES string of the molecule is Cc1ccnc([C@H]2C[C@@H]2c2nc3cc(N)cnc3c(=O)[nH]2)n1. The predicted molar refractivity (Wildman–Crippen MR) is 81.4 cm³/mol. The first-order valence-corrected chi connectivity index (χ1v) is 7.07. The Hall–Kier alpha value is -2.83. The molecule has 110 valence electrons. The third kappa shape index (κ3) is 2.11. The monoisotopic (exact) mass is 294 g/mol. The summed E-state index contributed by atoms with van der Waals surface area (Å²) in [6.45, 7) is 1.94. The van der Waals surface area contributed by atoms with Crippen molar-refractivity contribution in [2.75, 3.05) is 5.73 Å². The number of nitrogens with one attached hydrogen (secondary N) is 1. The average Bonchev–Trinajstić information content (AvgIpc) is 3.27. The summed E-state index contributed by atoms with van der Waals surface area (Å²) < 4.78 is 0. The van der Waals surface area contributed by atoms with Gasteiger partial charge < -0.3 is 10.7 Å². The maximum absolute atomic E-state index is 12.1. The van der Waals surface area contributed by atoms with Gasteiger partial charge in [0, 0.05) is 23.7 Å². The second-order valence-electron chi connectivity index (χ2n) is 5.59. The lowest BCUT2D eigenvalue weighted by Gasteiger charge is -2.03. The molecule has 3 aromatic rings. The Morgan fingerprint density at radius 1 is 1.27 bits per heavy atom. The molecule has 0 spiro atoms. The number of hydrogen-bond acceptors (Lipinski definition) is 6. The molecule has 1 saturated carbocycles. The smallest absolute Gasteiger partial charge is 0.277 e. The molecule has 0 unspecified atom stereocenters. The predicted octanol–water partition coefficient (Wildman–Crippen LogP) is 1.27. The van der Waals surface area contributed by atoms with Gasteiger partial charge in [-0.05, 0) is 25.5 Å². The number of hydrogen-bond donors (Lipinski definition) is 2. The maximum Gasteiger partial charge on any atom is 0.277 e. The van der Waals surface area contributed by atoms with Crippen LogP contribution in [0.3, 0.4) is 0 Å². The maximum atomic E-state index is 12.1. The van der Waals surface area contributed by atoms with E-state index in [1.807, 2.05) is 13.0 Å². The summed E-state index contributed by atoms with van der Waals surface area (Å²) in [5.74, 6) is 1.80. The van der Waals surface area contributed by atoms with Gasteiger partial charge in [0.25, 0.3) is 5.56 Å². The van der Waals surface area contributed by atoms with E-state index in [4.69, 9.17) is 5.73 Å². The van der Waals surface area contributed by atoms with Crippen molar-refractivity contribution in [2.24, 2.45) is 0 Å². The van der Waals surface area contributed by atoms with Gasteiger partial charge in [0.1, 0.15) is 11.6 Å². The van der Waals surface area contributed by atoms with Gasteiger partial charge in [0.15, 0.2) is 5.52 Å². The van der Waals surface area contributed by atoms with Crippen LogP contribution in [0.2, 0.25) is 0 Å². The van der Waals surface area contributed by atoms with Crippen LogP contribution in [0, 0.1) is 6.92 Å². The Labute approximate surface area is 125 Å². The fourth-order valence-electron chi connectivity index (χ4n) is 2.67. The van der Waals surface area contributed by atoms with Crippen LogP contribution in [0.4, 0.5) is 5.69 Å². The molecule has 7 heteroatoms. The summed E-state index contributed by atoms with van der Waals surface area (Å²) in [7, 11) is 0. The third-order valence-electron chi connectivity index (χ3n) is 3.87. The van der Waals surface area contributed by atoms with Crippen LogP contribution in [-0.2, 0) is 0 Å². The Morgan fingerprint density at radius 2 is 2.14 bits per heavy atom. The zero-order valence-electron chi connectivity index (χ0n) is 11.9. The molecule has 1 aliphatic rings. The number of nitrogens with zero attached hydrogens (tertiary/aromatic N) is 4. The summed E-state index contributed by atoms with van der Waals surface area (Å²) in [4.78, 5) is 32.2. The Morgan fingerprint density at radius 3 is 2.95 bits per heavy atom. The number of anilines is 1. The van der Waals surface area contributed by atoms with Crippen LogP contribution >= 0.6 is 0 Å². The van der Waals surface area contributed by atoms with Crippen LogP contribution in [0.5, 0.6) is 0 Å². The molecule has 0 bridgehead atoms. The highest BCUT2D eigenvalue weighted by Gasteiger charge is 2.43. The number of aryl methyl sites for hydroxylation is 1. The van der Waals surface area contributed by atoms with E-state index in [2.05, 4.69) is 24.9 Å². The Balaban J connectivity index is 1.72. The van der Waals surface area contributed by atoms with Crippen molar-refractivity contribution in [3.63, 3.8) is 0 Å². The molecule has 0 aliphatic heterocycles. The minimum absolute atomic E-state index is 0.139. The van der Waals surface area contributed by atoms with Crippen molar-refractivity contribution in [3.05, 3.63) is 52.2 Å². The first-order valence-electron chi connectivity index (χ1n) is 7.07. The first kappa shape index (κ1) is 12.9. The topological polar surface area (TPSA) is 110 Å². The highest BCUT2D eigenvalue weighted by Crippen LogP contribution is 2.52. The van der Waals surface area contributed by atoms with Crippen molar-refractivity contribution in [2.45, 2.75) is 25.2 Å². The van der Waals surface area contributed by atoms with Crippen molar-refractivity contribution in [1.82, 2.24) is 24.9 Å². The summed E-state index contributed by atoms with van der Waals surface area (Å²) in [5, 5.41) is 0. The Bertz CT molecular complexity index is 935. The molecule has 0 aromatic carbocycles. The van der Waals surface area contributed by atoms with Crippen LogP contribution in [0.15, 0.2) is 29.3 Å². The highest BCUT2D eigenvalue weighted by atomic mass is 16.1. The summed E-state index contributed by atoms with van der Waals surface area (Å²) in [5.41, 5.74) is 7.74. The third-order valence-corrected chi connectivity index (χ3v) is 3.87. The number of H-pyrrole nitrogens is 1. The molecule has 0 saturated heterocycles. The molecule has 0 radical (unpaired) electrons. The number of nitrogens with two attached hydrogens (primary N) is 1. The average molecular weight is 294 g/mol. The van der Waals surface area contributed by atoms with E-state index in [0.717, 1.165) is 17.9 Å². The molecule has 0 amide bonds. The number of pyridine rings is 1. The molecular weight excluding hydrogens is 280 g/mol. The van der Waals surface area contributed by atoms with Crippen molar-refractivity contribution < 1.29 is 0 Å². The molecule has 4 rings (SSSR count). The van der Waals surface area contributed by atoms with Crippen LogP contribution in [-0.4, -0.2) is 24.9 Å². The summed E-state index contributed by atoms with van der Waals surface area (Å²) >= 11 is 0. The van der Waals surface area contributed by atoms with Gasteiger partial charge >= 0.3 is 0 Å². The largest absolute Gasteiger partial charge is 0.397 e. The summed E-state index contributed by atoms with van der Waals surface area (Å²) in [6, 6.07) is 3.53. The molecule has 1 fully saturated rings. The minimum Gasteiger partial charge on any atom is -0.397 e. The van der Waals surface area contributed by atoms with E-state index in [-0.39, 0.29) is 17.4 Å². The van der Waals surface area contributed by atoms with Gasteiger partial charge in [-0.3, -0.25) is 4.79 Å². The number of aromatic nitrogens is 5. The highest BCUT2D eigenvalue weighted by molar-refractivity contribution is 5.76. The van der Waals surface area contributed by atoms with Crippen molar-refractivity contribution in [3.8, 4) is 0 Å². The second kappa shape index (κ2) is 4.59. The van der Waals surface area contributed by atoms with E-state index in [0.29, 0.717) is 22.5 Å². The minimum atomic E-state index is -0.240. The van der Waals surface area contributed by atoms with E-state index < -0.39 is 0 Å². The van der Waals surface area contributed by atoms with E-state index >= 15 is 0 Å². The van der Waals surface area contributed by atoms with E-state index in [1.54, 1.807) is 12.3 Å². The molecule has 1 aliphatic carbocycles. The van der Waals surface area contributed by atoms with Crippen molar-refractivity contribution >= 4 is 16.7 Å². The second-order valence-corrected chi connectivity index (χ2v) is 5.59. The lowest BCUT2D eigenvalue weighted by atomic mass is 10.2. The first-order chi connectivity index (χ1) is 10.6. The molecular formula is C15H14N6O. The van der Waals surface area contributed by atoms with Crippen LogP contribution < -0.4 is 11.3 Å². The number of fused-ring (bicyclic) bond motifs is 1. The number of aromatic amines is 1. The fourth-order valence-corrected chi connectivity index (χ4v) is 2.67. The van der Waals surface area contributed by atoms with Crippen molar-refractivity contribution in [1.29, 1.82) is 0 Å². The molecule has 3 N–H and O–H groups in total. The van der Waals surface area contributed by atoms with E-state index in [1.165, 1.54) is 6.20 Å². The van der Waals surface area contributed by atoms with Gasteiger partial charge in [-0.2, -0.15) is 0 Å². The lowest BCUT2D eigenvalue weighted by molar-refractivity contribution is 0.839. The normalized spacial score (nSPS) is 20.2. The molecule has 3 aromatic heterocycles. The standard InChI is InChI=1S/C15H14N6O/c1-7-2-3-17-13(19-7)9-5-10(9)14-20-11-4-8(16)6-18-12(11)15(22)21-14/h2-4,6,9-10H,5,16H2,1H3,(H,20,21,22)/t9-,10-/m0/s1. The number of rotatable bonds is 2. The van der Waals surface area contributed by atoms with Gasteiger partial charge in [0.05, 0.1) is 17.4 Å². The van der Waals surface area contributed by atoms with Gasteiger partial charge in [-0.15, -0.1) is 0 Å². The zero-order chi connectivity index (χ0) is 15.3. The quantitative estimate of drug-likeness (QED) is 0.736. The van der Waals surface area contributed by atoms with Gasteiger partial charge in [-0.1, -0.05) is 0 Å². The molecule has 7 nitrogen and oxygen atoms in total. The van der Waals surface area contributed by atoms with Crippen LogP contribution in [0.25, 0.3) is 11.0 Å². The molecule has 22 heavy (non-hydrogen) atoms. The van der Waals surface area contributed by atoms with E-state index in [9.17, 15) is 4.79 Å². The summed E-state index contributed by atoms with van der Waals surface area (Å²) in [6.07, 6.45) is 4.10. The fraction of sp³-hybridized carbons (Fsp3) is 0.267. The van der Waals surface area contributed by atoms with Gasteiger partial charge in [0.2, 0.25) is 0 Å². The number of nitrogen functional groups attached to an aromatic ring is 1. The lowest BCUT2D eigenvalue weighted by Crippen LogP contribution is -2.13. The molecule has 2 atom stereocenters.